The second kappa shape index (κ2) is 16.1. The third kappa shape index (κ3) is 10.1. The van der Waals surface area contributed by atoms with E-state index in [0.717, 1.165) is 43.1 Å². The van der Waals surface area contributed by atoms with Gasteiger partial charge in [0, 0.05) is 6.61 Å². The number of hydrogen-bond donors (Lipinski definition) is 0. The Morgan fingerprint density at radius 3 is 1.76 bits per heavy atom. The molecule has 0 radical (unpaired) electrons. The largest absolute Gasteiger partial charge is 0.494 e. The van der Waals surface area contributed by atoms with E-state index < -0.39 is 0 Å². The van der Waals surface area contributed by atoms with Crippen LogP contribution in [0.25, 0.3) is 11.1 Å². The molecule has 0 bridgehead atoms. The standard InChI is InChI=1S/C30H37NO2S/c31-23-26-11-13-28(14-12-26)29-15-17-30(18-16-29)33-21-10-8-6-4-2-1-3-5-7-9-20-32-24-27-19-22-34-25-27/h11-19,22,25H,1-10,20-21,24H2. The molecule has 3 aromatic rings. The van der Waals surface area contributed by atoms with E-state index in [9.17, 15) is 0 Å². The lowest BCUT2D eigenvalue weighted by Crippen LogP contribution is -1.97. The maximum Gasteiger partial charge on any atom is 0.119 e. The van der Waals surface area contributed by atoms with Gasteiger partial charge < -0.3 is 9.47 Å². The van der Waals surface area contributed by atoms with Crippen molar-refractivity contribution in [1.29, 1.82) is 5.26 Å². The van der Waals surface area contributed by atoms with Crippen molar-refractivity contribution in [1.82, 2.24) is 0 Å². The van der Waals surface area contributed by atoms with Crippen LogP contribution in [0.4, 0.5) is 0 Å². The Labute approximate surface area is 209 Å². The number of nitriles is 1. The molecule has 1 aromatic heterocycles. The van der Waals surface area contributed by atoms with Crippen molar-refractivity contribution in [2.45, 2.75) is 70.8 Å². The minimum Gasteiger partial charge on any atom is -0.494 e. The quantitative estimate of drug-likeness (QED) is 0.183. The van der Waals surface area contributed by atoms with Gasteiger partial charge in [-0.15, -0.1) is 0 Å². The van der Waals surface area contributed by atoms with Crippen molar-refractivity contribution in [2.24, 2.45) is 0 Å². The molecule has 0 spiro atoms. The van der Waals surface area contributed by atoms with Crippen LogP contribution in [-0.4, -0.2) is 13.2 Å². The fourth-order valence-corrected chi connectivity index (χ4v) is 4.61. The van der Waals surface area contributed by atoms with E-state index in [1.54, 1.807) is 11.3 Å². The lowest BCUT2D eigenvalue weighted by molar-refractivity contribution is 0.117. The first-order valence-electron chi connectivity index (χ1n) is 12.7. The highest BCUT2D eigenvalue weighted by Crippen LogP contribution is 2.23. The lowest BCUT2D eigenvalue weighted by atomic mass is 10.0. The fourth-order valence-electron chi connectivity index (χ4n) is 3.96. The van der Waals surface area contributed by atoms with E-state index in [1.807, 2.05) is 36.4 Å². The summed E-state index contributed by atoms with van der Waals surface area (Å²) in [6.45, 7) is 2.44. The summed E-state index contributed by atoms with van der Waals surface area (Å²) < 4.78 is 11.6. The number of hydrogen-bond acceptors (Lipinski definition) is 4. The Hall–Kier alpha value is -2.61. The van der Waals surface area contributed by atoms with Gasteiger partial charge in [0.05, 0.1) is 24.8 Å². The Morgan fingerprint density at radius 2 is 1.21 bits per heavy atom. The zero-order valence-corrected chi connectivity index (χ0v) is 21.0. The van der Waals surface area contributed by atoms with E-state index in [-0.39, 0.29) is 0 Å². The molecular weight excluding hydrogens is 438 g/mol. The number of rotatable bonds is 17. The molecule has 0 aliphatic rings. The van der Waals surface area contributed by atoms with Gasteiger partial charge in [0.15, 0.2) is 0 Å². The molecule has 0 N–H and O–H groups in total. The Balaban J connectivity index is 1.11. The van der Waals surface area contributed by atoms with E-state index in [0.29, 0.717) is 5.56 Å². The minimum atomic E-state index is 0.686. The first kappa shape index (κ1) is 26.0. The first-order chi connectivity index (χ1) is 16.8. The molecule has 0 aliphatic heterocycles. The smallest absolute Gasteiger partial charge is 0.119 e. The van der Waals surface area contributed by atoms with Crippen molar-refractivity contribution >= 4 is 11.3 Å². The van der Waals surface area contributed by atoms with Gasteiger partial charge in [-0.2, -0.15) is 16.6 Å². The SMILES string of the molecule is N#Cc1ccc(-c2ccc(OCCCCCCCCCCCCOCc3ccsc3)cc2)cc1. The molecule has 34 heavy (non-hydrogen) atoms. The number of benzene rings is 2. The Morgan fingerprint density at radius 1 is 0.647 bits per heavy atom. The van der Waals surface area contributed by atoms with Crippen LogP contribution in [0.3, 0.4) is 0 Å². The summed E-state index contributed by atoms with van der Waals surface area (Å²) in [5.74, 6) is 0.925. The van der Waals surface area contributed by atoms with Crippen molar-refractivity contribution < 1.29 is 9.47 Å². The second-order valence-corrected chi connectivity index (χ2v) is 9.56. The normalized spacial score (nSPS) is 10.8. The van der Waals surface area contributed by atoms with Crippen molar-refractivity contribution in [2.75, 3.05) is 13.2 Å². The Bertz CT molecular complexity index is 943. The van der Waals surface area contributed by atoms with Crippen LogP contribution in [0.2, 0.25) is 0 Å². The minimum absolute atomic E-state index is 0.686. The van der Waals surface area contributed by atoms with Crippen molar-refractivity contribution in [3.8, 4) is 22.9 Å². The summed E-state index contributed by atoms with van der Waals surface area (Å²) in [7, 11) is 0. The molecule has 0 fully saturated rings. The van der Waals surface area contributed by atoms with Gasteiger partial charge in [-0.1, -0.05) is 75.6 Å². The van der Waals surface area contributed by atoms with Crippen LogP contribution in [-0.2, 0) is 11.3 Å². The highest BCUT2D eigenvalue weighted by Gasteiger charge is 2.00. The zero-order chi connectivity index (χ0) is 23.7. The van der Waals surface area contributed by atoms with Gasteiger partial charge in [0.25, 0.3) is 0 Å². The van der Waals surface area contributed by atoms with Gasteiger partial charge in [-0.3, -0.25) is 0 Å². The summed E-state index contributed by atoms with van der Waals surface area (Å²) >= 11 is 1.73. The molecule has 4 heteroatoms. The average molecular weight is 476 g/mol. The third-order valence-electron chi connectivity index (χ3n) is 6.00. The Kier molecular flexibility index (Phi) is 12.3. The monoisotopic (exact) mass is 475 g/mol. The fraction of sp³-hybridized carbons (Fsp3) is 0.433. The average Bonchev–Trinajstić information content (AvgIpc) is 3.40. The number of unbranched alkanes of at least 4 members (excludes halogenated alkanes) is 9. The predicted octanol–water partition coefficient (Wildman–Crippen LogP) is 8.78. The summed E-state index contributed by atoms with van der Waals surface area (Å²) in [6, 6.07) is 20.2. The summed E-state index contributed by atoms with van der Waals surface area (Å²) in [5, 5.41) is 13.2. The maximum atomic E-state index is 8.91. The highest BCUT2D eigenvalue weighted by atomic mass is 32.1. The molecule has 2 aromatic carbocycles. The van der Waals surface area contributed by atoms with Crippen LogP contribution in [0, 0.1) is 11.3 Å². The van der Waals surface area contributed by atoms with Gasteiger partial charge in [0.2, 0.25) is 0 Å². The van der Waals surface area contributed by atoms with E-state index in [1.165, 1.54) is 63.4 Å². The zero-order valence-electron chi connectivity index (χ0n) is 20.2. The summed E-state index contributed by atoms with van der Waals surface area (Å²) in [5.41, 5.74) is 4.24. The number of nitrogens with zero attached hydrogens (tertiary/aromatic N) is 1. The molecular formula is C30H37NO2S. The highest BCUT2D eigenvalue weighted by molar-refractivity contribution is 7.07. The molecule has 1 heterocycles. The molecule has 0 amide bonds. The summed E-state index contributed by atoms with van der Waals surface area (Å²) in [6.07, 6.45) is 12.9. The molecule has 0 saturated heterocycles. The predicted molar refractivity (Wildman–Crippen MR) is 142 cm³/mol. The van der Waals surface area contributed by atoms with Gasteiger partial charge in [-0.05, 0) is 70.6 Å². The van der Waals surface area contributed by atoms with E-state index >= 15 is 0 Å². The van der Waals surface area contributed by atoms with Gasteiger partial charge in [-0.25, -0.2) is 0 Å². The number of thiophene rings is 1. The molecule has 0 unspecified atom stereocenters. The van der Waals surface area contributed by atoms with Crippen LogP contribution in [0.15, 0.2) is 65.4 Å². The van der Waals surface area contributed by atoms with Crippen molar-refractivity contribution in [3.63, 3.8) is 0 Å². The molecule has 3 nitrogen and oxygen atoms in total. The van der Waals surface area contributed by atoms with Gasteiger partial charge >= 0.3 is 0 Å². The number of ether oxygens (including phenoxy) is 2. The second-order valence-electron chi connectivity index (χ2n) is 8.78. The first-order valence-corrected chi connectivity index (χ1v) is 13.6. The van der Waals surface area contributed by atoms with Crippen LogP contribution < -0.4 is 4.74 Å². The summed E-state index contributed by atoms with van der Waals surface area (Å²) in [4.78, 5) is 0. The molecule has 180 valence electrons. The lowest BCUT2D eigenvalue weighted by Gasteiger charge is -2.08. The van der Waals surface area contributed by atoms with E-state index in [4.69, 9.17) is 14.7 Å². The van der Waals surface area contributed by atoms with E-state index in [2.05, 4.69) is 35.0 Å². The van der Waals surface area contributed by atoms with Crippen LogP contribution in [0.5, 0.6) is 5.75 Å². The van der Waals surface area contributed by atoms with Crippen LogP contribution >= 0.6 is 11.3 Å². The van der Waals surface area contributed by atoms with Gasteiger partial charge in [0.1, 0.15) is 5.75 Å². The molecule has 0 aliphatic carbocycles. The van der Waals surface area contributed by atoms with Crippen molar-refractivity contribution in [3.05, 3.63) is 76.5 Å². The maximum absolute atomic E-state index is 8.91. The third-order valence-corrected chi connectivity index (χ3v) is 6.73. The molecule has 0 atom stereocenters. The molecule has 0 saturated carbocycles. The van der Waals surface area contributed by atoms with Crippen LogP contribution in [0.1, 0.15) is 75.3 Å². The topological polar surface area (TPSA) is 42.2 Å². The molecule has 3 rings (SSSR count).